The van der Waals surface area contributed by atoms with Crippen molar-refractivity contribution >= 4 is 0 Å². The summed E-state index contributed by atoms with van der Waals surface area (Å²) in [6.07, 6.45) is 8.36. The van der Waals surface area contributed by atoms with Crippen LogP contribution in [0.5, 0.6) is 0 Å². The number of nitrogens with zero attached hydrogens (tertiary/aromatic N) is 1. The topological polar surface area (TPSA) is 15.3 Å². The Bertz CT molecular complexity index is 189. The Hall–Kier alpha value is -0.0800. The maximum absolute atomic E-state index is 3.68. The molecule has 2 atom stereocenters. The number of rotatable bonds is 5. The van der Waals surface area contributed by atoms with Gasteiger partial charge in [-0.25, -0.2) is 0 Å². The minimum absolute atomic E-state index is 0.779. The minimum atomic E-state index is 0.779. The van der Waals surface area contributed by atoms with E-state index in [1.165, 1.54) is 51.6 Å². The molecule has 1 N–H and O–H groups in total. The highest BCUT2D eigenvalue weighted by Crippen LogP contribution is 2.22. The second-order valence-electron chi connectivity index (χ2n) is 5.33. The molecule has 2 rings (SSSR count). The van der Waals surface area contributed by atoms with Crippen molar-refractivity contribution < 1.29 is 0 Å². The molecule has 2 unspecified atom stereocenters. The standard InChI is InChI=1S/C13H26N2/c1-3-13(10-14-12-7-8-12)15-9-5-4-6-11(15)2/h11-14H,3-10H2,1-2H3. The van der Waals surface area contributed by atoms with Crippen LogP contribution in [0.4, 0.5) is 0 Å². The third kappa shape index (κ3) is 3.18. The Balaban J connectivity index is 1.79. The summed E-state index contributed by atoms with van der Waals surface area (Å²) in [6.45, 7) is 7.27. The summed E-state index contributed by atoms with van der Waals surface area (Å²) in [5, 5.41) is 3.68. The van der Waals surface area contributed by atoms with Crippen LogP contribution in [0.3, 0.4) is 0 Å². The summed E-state index contributed by atoms with van der Waals surface area (Å²) in [7, 11) is 0. The molecule has 1 aliphatic carbocycles. The van der Waals surface area contributed by atoms with Gasteiger partial charge in [0.25, 0.3) is 0 Å². The maximum atomic E-state index is 3.68. The maximum Gasteiger partial charge on any atom is 0.0220 e. The van der Waals surface area contributed by atoms with E-state index in [0.717, 1.165) is 18.1 Å². The van der Waals surface area contributed by atoms with E-state index in [2.05, 4.69) is 24.1 Å². The van der Waals surface area contributed by atoms with Crippen molar-refractivity contribution in [2.45, 2.75) is 70.5 Å². The summed E-state index contributed by atoms with van der Waals surface area (Å²) in [5.74, 6) is 0. The van der Waals surface area contributed by atoms with Gasteiger partial charge in [0.15, 0.2) is 0 Å². The molecule has 2 nitrogen and oxygen atoms in total. The number of hydrogen-bond donors (Lipinski definition) is 1. The van der Waals surface area contributed by atoms with Crippen molar-refractivity contribution in [3.63, 3.8) is 0 Å². The molecule has 0 radical (unpaired) electrons. The first-order valence-electron chi connectivity index (χ1n) is 6.80. The van der Waals surface area contributed by atoms with Gasteiger partial charge in [0.2, 0.25) is 0 Å². The Morgan fingerprint density at radius 3 is 2.67 bits per heavy atom. The zero-order valence-corrected chi connectivity index (χ0v) is 10.3. The number of nitrogens with one attached hydrogen (secondary N) is 1. The summed E-state index contributed by atoms with van der Waals surface area (Å²) >= 11 is 0. The number of likely N-dealkylation sites (tertiary alicyclic amines) is 1. The van der Waals surface area contributed by atoms with Gasteiger partial charge in [-0.2, -0.15) is 0 Å². The van der Waals surface area contributed by atoms with Gasteiger partial charge in [-0.05, 0) is 45.6 Å². The fourth-order valence-electron chi connectivity index (χ4n) is 2.75. The third-order valence-corrected chi connectivity index (χ3v) is 4.01. The molecule has 2 aliphatic rings. The lowest BCUT2D eigenvalue weighted by Crippen LogP contribution is -2.49. The van der Waals surface area contributed by atoms with Crippen molar-refractivity contribution in [1.29, 1.82) is 0 Å². The van der Waals surface area contributed by atoms with Gasteiger partial charge in [-0.3, -0.25) is 4.90 Å². The van der Waals surface area contributed by atoms with E-state index in [4.69, 9.17) is 0 Å². The van der Waals surface area contributed by atoms with Crippen LogP contribution in [0, 0.1) is 0 Å². The van der Waals surface area contributed by atoms with Crippen LogP contribution in [0.2, 0.25) is 0 Å². The quantitative estimate of drug-likeness (QED) is 0.749. The molecule has 2 heteroatoms. The molecule has 88 valence electrons. The predicted octanol–water partition coefficient (Wildman–Crippen LogP) is 2.39. The smallest absolute Gasteiger partial charge is 0.0220 e. The average molecular weight is 210 g/mol. The third-order valence-electron chi connectivity index (χ3n) is 4.01. The number of piperidine rings is 1. The van der Waals surface area contributed by atoms with E-state index in [9.17, 15) is 0 Å². The van der Waals surface area contributed by atoms with Gasteiger partial charge in [-0.15, -0.1) is 0 Å². The molecule has 0 spiro atoms. The highest BCUT2D eigenvalue weighted by molar-refractivity contribution is 4.86. The molecule has 1 saturated carbocycles. The van der Waals surface area contributed by atoms with Crippen molar-refractivity contribution in [3.8, 4) is 0 Å². The second kappa shape index (κ2) is 5.31. The number of hydrogen-bond acceptors (Lipinski definition) is 2. The molecule has 0 bridgehead atoms. The Morgan fingerprint density at radius 1 is 1.27 bits per heavy atom. The van der Waals surface area contributed by atoms with E-state index in [-0.39, 0.29) is 0 Å². The fourth-order valence-corrected chi connectivity index (χ4v) is 2.75. The Kier molecular flexibility index (Phi) is 4.04. The van der Waals surface area contributed by atoms with E-state index in [1.807, 2.05) is 0 Å². The molecule has 0 aromatic heterocycles. The van der Waals surface area contributed by atoms with Crippen LogP contribution >= 0.6 is 0 Å². The normalized spacial score (nSPS) is 30.4. The monoisotopic (exact) mass is 210 g/mol. The predicted molar refractivity (Wildman–Crippen MR) is 65.1 cm³/mol. The van der Waals surface area contributed by atoms with Crippen molar-refractivity contribution in [3.05, 3.63) is 0 Å². The molecule has 2 fully saturated rings. The van der Waals surface area contributed by atoms with Crippen LogP contribution < -0.4 is 5.32 Å². The first-order valence-corrected chi connectivity index (χ1v) is 6.80. The minimum Gasteiger partial charge on any atom is -0.312 e. The van der Waals surface area contributed by atoms with Crippen LogP contribution in [-0.2, 0) is 0 Å². The lowest BCUT2D eigenvalue weighted by atomic mass is 10.00. The largest absolute Gasteiger partial charge is 0.312 e. The first kappa shape index (κ1) is 11.4. The van der Waals surface area contributed by atoms with Crippen LogP contribution in [0.15, 0.2) is 0 Å². The van der Waals surface area contributed by atoms with E-state index < -0.39 is 0 Å². The van der Waals surface area contributed by atoms with Crippen molar-refractivity contribution in [1.82, 2.24) is 10.2 Å². The summed E-state index contributed by atoms with van der Waals surface area (Å²) in [5.41, 5.74) is 0. The average Bonchev–Trinajstić information content (AvgIpc) is 3.05. The lowest BCUT2D eigenvalue weighted by Gasteiger charge is -2.39. The lowest BCUT2D eigenvalue weighted by molar-refractivity contribution is 0.101. The fraction of sp³-hybridized carbons (Fsp3) is 1.00. The van der Waals surface area contributed by atoms with E-state index in [0.29, 0.717) is 0 Å². The summed E-state index contributed by atoms with van der Waals surface area (Å²) in [6, 6.07) is 2.45. The zero-order chi connectivity index (χ0) is 10.7. The van der Waals surface area contributed by atoms with E-state index >= 15 is 0 Å². The summed E-state index contributed by atoms with van der Waals surface area (Å²) in [4.78, 5) is 2.74. The Labute approximate surface area is 94.4 Å². The Morgan fingerprint density at radius 2 is 2.07 bits per heavy atom. The van der Waals surface area contributed by atoms with Gasteiger partial charge in [-0.1, -0.05) is 13.3 Å². The molecule has 1 heterocycles. The van der Waals surface area contributed by atoms with Gasteiger partial charge in [0.05, 0.1) is 0 Å². The van der Waals surface area contributed by atoms with Gasteiger partial charge in [0.1, 0.15) is 0 Å². The van der Waals surface area contributed by atoms with E-state index in [1.54, 1.807) is 0 Å². The highest BCUT2D eigenvalue weighted by Gasteiger charge is 2.27. The molecule has 0 aromatic carbocycles. The molecule has 1 aliphatic heterocycles. The molecular weight excluding hydrogens is 184 g/mol. The van der Waals surface area contributed by atoms with Gasteiger partial charge >= 0.3 is 0 Å². The summed E-state index contributed by atoms with van der Waals surface area (Å²) < 4.78 is 0. The molecule has 15 heavy (non-hydrogen) atoms. The van der Waals surface area contributed by atoms with Gasteiger partial charge < -0.3 is 5.32 Å². The molecular formula is C13H26N2. The zero-order valence-electron chi connectivity index (χ0n) is 10.3. The second-order valence-corrected chi connectivity index (χ2v) is 5.33. The van der Waals surface area contributed by atoms with Crippen LogP contribution in [-0.4, -0.2) is 36.1 Å². The van der Waals surface area contributed by atoms with Gasteiger partial charge in [0, 0.05) is 24.7 Å². The van der Waals surface area contributed by atoms with Crippen LogP contribution in [0.1, 0.15) is 52.4 Å². The SMILES string of the molecule is CCC(CNC1CC1)N1CCCCC1C. The molecule has 1 saturated heterocycles. The van der Waals surface area contributed by atoms with Crippen LogP contribution in [0.25, 0.3) is 0 Å². The molecule has 0 amide bonds. The van der Waals surface area contributed by atoms with Crippen molar-refractivity contribution in [2.75, 3.05) is 13.1 Å². The first-order chi connectivity index (χ1) is 7.31. The molecule has 0 aromatic rings. The van der Waals surface area contributed by atoms with Crippen molar-refractivity contribution in [2.24, 2.45) is 0 Å². The highest BCUT2D eigenvalue weighted by atomic mass is 15.2.